The highest BCUT2D eigenvalue weighted by atomic mass is 16.6. The highest BCUT2D eigenvalue weighted by Crippen LogP contribution is 2.09. The summed E-state index contributed by atoms with van der Waals surface area (Å²) in [5, 5.41) is 6.22. The van der Waals surface area contributed by atoms with Gasteiger partial charge in [-0.25, -0.2) is 4.79 Å². The smallest absolute Gasteiger partial charge is 0.407 e. The van der Waals surface area contributed by atoms with E-state index in [4.69, 9.17) is 4.74 Å². The number of carbonyl (C=O) groups excluding carboxylic acids is 1. The molecule has 0 saturated carbocycles. The molecule has 0 saturated heterocycles. The molecule has 1 unspecified atom stereocenters. The van der Waals surface area contributed by atoms with Crippen LogP contribution < -0.4 is 10.6 Å². The first-order chi connectivity index (χ1) is 9.70. The van der Waals surface area contributed by atoms with Crippen molar-refractivity contribution in [3.63, 3.8) is 0 Å². The van der Waals surface area contributed by atoms with Gasteiger partial charge in [0.2, 0.25) is 0 Å². The molecule has 0 radical (unpaired) electrons. The van der Waals surface area contributed by atoms with Crippen LogP contribution in [0.15, 0.2) is 0 Å². The number of amides is 1. The molecule has 1 amide bonds. The lowest BCUT2D eigenvalue weighted by molar-refractivity contribution is 0.0523. The number of nitrogens with one attached hydrogen (secondary N) is 2. The lowest BCUT2D eigenvalue weighted by atomic mass is 10.0. The number of ether oxygens (including phenoxy) is 1. The van der Waals surface area contributed by atoms with Crippen molar-refractivity contribution in [3.05, 3.63) is 0 Å². The van der Waals surface area contributed by atoms with Gasteiger partial charge < -0.3 is 15.4 Å². The Morgan fingerprint density at radius 1 is 1.05 bits per heavy atom. The van der Waals surface area contributed by atoms with Crippen LogP contribution in [0.4, 0.5) is 4.79 Å². The van der Waals surface area contributed by atoms with E-state index < -0.39 is 5.60 Å². The first-order valence-electron chi connectivity index (χ1n) is 8.41. The Balaban J connectivity index is 3.46. The third kappa shape index (κ3) is 15.4. The molecular weight excluding hydrogens is 264 g/mol. The fourth-order valence-corrected chi connectivity index (χ4v) is 2.00. The Morgan fingerprint density at radius 2 is 1.67 bits per heavy atom. The highest BCUT2D eigenvalue weighted by molar-refractivity contribution is 5.67. The molecule has 0 heterocycles. The summed E-state index contributed by atoms with van der Waals surface area (Å²) < 4.78 is 5.20. The zero-order valence-electron chi connectivity index (χ0n) is 14.9. The van der Waals surface area contributed by atoms with Gasteiger partial charge in [0.25, 0.3) is 0 Å². The Bertz CT molecular complexity index is 272. The van der Waals surface area contributed by atoms with Gasteiger partial charge in [0.05, 0.1) is 0 Å². The maximum atomic E-state index is 11.5. The summed E-state index contributed by atoms with van der Waals surface area (Å²) in [6.45, 7) is 13.9. The molecule has 2 N–H and O–H groups in total. The first-order valence-corrected chi connectivity index (χ1v) is 8.41. The summed E-state index contributed by atoms with van der Waals surface area (Å²) >= 11 is 0. The van der Waals surface area contributed by atoms with Crippen LogP contribution in [-0.4, -0.2) is 30.8 Å². The molecule has 0 aliphatic rings. The molecule has 21 heavy (non-hydrogen) atoms. The second-order valence-electron chi connectivity index (χ2n) is 7.33. The van der Waals surface area contributed by atoms with E-state index in [1.54, 1.807) is 0 Å². The van der Waals surface area contributed by atoms with Crippen molar-refractivity contribution in [1.82, 2.24) is 10.6 Å². The molecule has 126 valence electrons. The Hall–Kier alpha value is -0.770. The third-order valence-corrected chi connectivity index (χ3v) is 3.15. The predicted molar refractivity (Wildman–Crippen MR) is 89.6 cm³/mol. The van der Waals surface area contributed by atoms with Gasteiger partial charge in [0.15, 0.2) is 0 Å². The van der Waals surface area contributed by atoms with Crippen LogP contribution in [-0.2, 0) is 4.74 Å². The maximum absolute atomic E-state index is 11.5. The van der Waals surface area contributed by atoms with Crippen molar-refractivity contribution in [2.75, 3.05) is 13.1 Å². The Labute approximate surface area is 131 Å². The fraction of sp³-hybridized carbons (Fsp3) is 0.941. The normalized spacial score (nSPS) is 13.3. The number of carbonyl (C=O) groups is 1. The second kappa shape index (κ2) is 10.9. The molecule has 0 spiro atoms. The van der Waals surface area contributed by atoms with Crippen molar-refractivity contribution in [2.24, 2.45) is 5.92 Å². The molecule has 0 rings (SSSR count). The minimum absolute atomic E-state index is 0.271. The summed E-state index contributed by atoms with van der Waals surface area (Å²) in [5.74, 6) is 0.821. The summed E-state index contributed by atoms with van der Waals surface area (Å²) in [7, 11) is 0. The predicted octanol–water partition coefficient (Wildman–Crippen LogP) is 4.10. The maximum Gasteiger partial charge on any atom is 0.407 e. The Kier molecular flexibility index (Phi) is 10.5. The summed E-state index contributed by atoms with van der Waals surface area (Å²) in [6, 6.07) is 0.271. The third-order valence-electron chi connectivity index (χ3n) is 3.15. The lowest BCUT2D eigenvalue weighted by Gasteiger charge is -2.21. The largest absolute Gasteiger partial charge is 0.444 e. The average molecular weight is 300 g/mol. The minimum Gasteiger partial charge on any atom is -0.444 e. The number of hydrogen-bond acceptors (Lipinski definition) is 3. The van der Waals surface area contributed by atoms with Crippen molar-refractivity contribution < 1.29 is 9.53 Å². The summed E-state index contributed by atoms with van der Waals surface area (Å²) in [5.41, 5.74) is -0.434. The molecule has 0 fully saturated rings. The molecule has 0 bridgehead atoms. The van der Waals surface area contributed by atoms with Crippen LogP contribution in [0.2, 0.25) is 0 Å². The minimum atomic E-state index is -0.434. The fourth-order valence-electron chi connectivity index (χ4n) is 2.00. The molecular formula is C17H36N2O2. The monoisotopic (exact) mass is 300 g/mol. The van der Waals surface area contributed by atoms with Gasteiger partial charge in [0, 0.05) is 12.6 Å². The van der Waals surface area contributed by atoms with Crippen molar-refractivity contribution in [2.45, 2.75) is 85.3 Å². The second-order valence-corrected chi connectivity index (χ2v) is 7.33. The van der Waals surface area contributed by atoms with Gasteiger partial charge in [0.1, 0.15) is 5.60 Å². The quantitative estimate of drug-likeness (QED) is 0.597. The summed E-state index contributed by atoms with van der Waals surface area (Å²) in [4.78, 5) is 11.5. The van der Waals surface area contributed by atoms with Gasteiger partial charge in [-0.3, -0.25) is 0 Å². The van der Waals surface area contributed by atoms with Crippen molar-refractivity contribution >= 4 is 6.09 Å². The molecule has 0 aromatic heterocycles. The number of hydrogen-bond donors (Lipinski definition) is 2. The van der Waals surface area contributed by atoms with Crippen molar-refractivity contribution in [1.29, 1.82) is 0 Å². The topological polar surface area (TPSA) is 50.4 Å². The SMILES string of the molecule is CC(C)CCCCCCNC(C)CNC(=O)OC(C)(C)C. The van der Waals surface area contributed by atoms with Gasteiger partial charge >= 0.3 is 6.09 Å². The van der Waals surface area contributed by atoms with Crippen LogP contribution in [0.1, 0.15) is 73.6 Å². The van der Waals surface area contributed by atoms with E-state index in [9.17, 15) is 4.79 Å². The molecule has 0 aromatic rings. The van der Waals surface area contributed by atoms with E-state index in [-0.39, 0.29) is 12.1 Å². The zero-order valence-corrected chi connectivity index (χ0v) is 14.9. The van der Waals surface area contributed by atoms with Gasteiger partial charge in [-0.15, -0.1) is 0 Å². The average Bonchev–Trinajstić information content (AvgIpc) is 2.32. The van der Waals surface area contributed by atoms with Gasteiger partial charge in [-0.1, -0.05) is 39.5 Å². The zero-order chi connectivity index (χ0) is 16.3. The lowest BCUT2D eigenvalue weighted by Crippen LogP contribution is -2.41. The van der Waals surface area contributed by atoms with E-state index >= 15 is 0 Å². The van der Waals surface area contributed by atoms with Crippen molar-refractivity contribution in [3.8, 4) is 0 Å². The van der Waals surface area contributed by atoms with Gasteiger partial charge in [-0.2, -0.15) is 0 Å². The Morgan fingerprint density at radius 3 is 2.24 bits per heavy atom. The molecule has 0 aliphatic heterocycles. The standard InChI is InChI=1S/C17H36N2O2/c1-14(2)11-9-7-8-10-12-18-15(3)13-19-16(20)21-17(4,5)6/h14-15,18H,7-13H2,1-6H3,(H,19,20). The van der Waals surface area contributed by atoms with E-state index in [1.807, 2.05) is 20.8 Å². The van der Waals surface area contributed by atoms with E-state index in [0.717, 1.165) is 12.5 Å². The highest BCUT2D eigenvalue weighted by Gasteiger charge is 2.16. The van der Waals surface area contributed by atoms with Crippen LogP contribution in [0.5, 0.6) is 0 Å². The van der Waals surface area contributed by atoms with Crippen LogP contribution in [0.25, 0.3) is 0 Å². The van der Waals surface area contributed by atoms with Crippen LogP contribution in [0, 0.1) is 5.92 Å². The van der Waals surface area contributed by atoms with E-state index in [0.29, 0.717) is 6.54 Å². The molecule has 0 aromatic carbocycles. The molecule has 0 aliphatic carbocycles. The number of alkyl carbamates (subject to hydrolysis) is 1. The first kappa shape index (κ1) is 20.2. The number of rotatable bonds is 10. The van der Waals surface area contributed by atoms with Crippen LogP contribution in [0.3, 0.4) is 0 Å². The van der Waals surface area contributed by atoms with E-state index in [1.165, 1.54) is 32.1 Å². The molecule has 4 nitrogen and oxygen atoms in total. The van der Waals surface area contributed by atoms with E-state index in [2.05, 4.69) is 31.4 Å². The van der Waals surface area contributed by atoms with Gasteiger partial charge in [-0.05, 0) is 46.6 Å². The number of unbranched alkanes of at least 4 members (excludes halogenated alkanes) is 3. The molecule has 1 atom stereocenters. The summed E-state index contributed by atoms with van der Waals surface area (Å²) in [6.07, 6.45) is 6.15. The molecule has 4 heteroatoms. The van der Waals surface area contributed by atoms with Crippen LogP contribution >= 0.6 is 0 Å².